The number of imidazole rings is 1. The van der Waals surface area contributed by atoms with E-state index in [9.17, 15) is 67.4 Å². The fraction of sp³-hybridized carbons (Fsp3) is 0.402. The first-order chi connectivity index (χ1) is 71.0. The van der Waals surface area contributed by atoms with Gasteiger partial charge in [0, 0.05) is 115 Å². The van der Waals surface area contributed by atoms with Crippen molar-refractivity contribution in [2.24, 2.45) is 17.2 Å². The van der Waals surface area contributed by atoms with Crippen molar-refractivity contribution in [3.63, 3.8) is 0 Å². The van der Waals surface area contributed by atoms with Crippen molar-refractivity contribution >= 4 is 146 Å². The summed E-state index contributed by atoms with van der Waals surface area (Å²) in [5.74, 6) is -11.6. The second-order valence-electron chi connectivity index (χ2n) is 36.1. The third-order valence-electron chi connectivity index (χ3n) is 25.3. The summed E-state index contributed by atoms with van der Waals surface area (Å²) in [6.45, 7) is 0.246. The number of rotatable bonds is 56. The van der Waals surface area contributed by atoms with Crippen molar-refractivity contribution in [3.05, 3.63) is 210 Å². The van der Waals surface area contributed by atoms with E-state index in [4.69, 9.17) is 17.2 Å². The monoisotopic (exact) mass is 2050 g/mol. The van der Waals surface area contributed by atoms with E-state index in [2.05, 4.69) is 115 Å². The number of hydrogen-bond donors (Lipinski definition) is 22. The molecule has 0 saturated carbocycles. The number of nitrogens with zero attached hydrogens (tertiary/aromatic N) is 5. The van der Waals surface area contributed by atoms with Crippen LogP contribution in [0.2, 0.25) is 0 Å². The minimum Gasteiger partial charge on any atom is -0.508 e. The van der Waals surface area contributed by atoms with Crippen LogP contribution in [0, 0.1) is 0 Å². The van der Waals surface area contributed by atoms with Gasteiger partial charge in [0.1, 0.15) is 71.9 Å². The number of carbonyl (C=O) groups excluding carboxylic acids is 16. The Kier molecular flexibility index (Phi) is 41.7. The third kappa shape index (κ3) is 32.5. The van der Waals surface area contributed by atoms with E-state index >= 15 is 14.4 Å². The smallest absolute Gasteiger partial charge is 0.246 e. The second kappa shape index (κ2) is 55.5. The van der Waals surface area contributed by atoms with E-state index in [-0.39, 0.29) is 102 Å². The van der Waals surface area contributed by atoms with Crippen LogP contribution in [-0.2, 0) is 115 Å². The molecule has 12 rings (SSSR count). The first kappa shape index (κ1) is 110. The van der Waals surface area contributed by atoms with Gasteiger partial charge < -0.3 is 121 Å². The molecule has 0 unspecified atom stereocenters. The number of carbonyl (C=O) groups is 16. The number of hydrogen-bond acceptors (Lipinski definition) is 25. The maximum absolute atomic E-state index is 15.3. The molecule has 16 amide bonds. The Balaban J connectivity index is 0.616. The second-order valence-corrected chi connectivity index (χ2v) is 38.0. The molecule has 4 aromatic heterocycles. The summed E-state index contributed by atoms with van der Waals surface area (Å²) in [4.78, 5) is 242. The standard InChI is InChI=1S/C102H128N26O17S2/c1-60(115-98(141)80(48-64-51-108-73-27-12-9-23-68(64)73)122-101(144)84-32-19-42-128(84)102(145)82(50-66-53-106-59-114-66)123-100(143)81(49-65-52-109-74-28-13-10-24-69(65)74)120-94(137)72(104)46-61-20-5-4-6-21-61)93(136)117-77(38-44-146-2)96(139)119-78(39-45-147-3)97(140)121-79(47-62-33-35-67(129)36-34-62)99(142)118-76(30-15-17-40-103)95(138)113-56-88(133)111-54-86(131)110-55-87(132)112-57-89(134)116-75(92(105)135)29-16-18-41-107-85(130)37-43-127-58-63-22-7-8-25-70(63)90-91(125-126-124-90)71-26-11-14-31-83(71)127/h4-14,20-28,31,33-36,51-53,59-60,72,75-82,84,108-109,129H,15-19,29-30,32,37-50,54-58,103-104H2,1-3H3,(H2,105,135)(H,106,114)(H,107,130)(H,110,131)(H,111,133)(H,112,132)(H,113,138)(H,115,141)(H,116,134)(H,117,136)(H,118,142)(H,119,139)(H,120,137)(H,121,140)(H,122,144)(H,123,143)(H,124,125,126)/t60-,72-,75-,76-,77-,78-,79-,80-,81-,82-,84-/m1/s1. The minimum absolute atomic E-state index is 0.00914. The number of H-pyrrole nitrogens is 4. The molecule has 780 valence electrons. The van der Waals surface area contributed by atoms with Crippen LogP contribution in [0.1, 0.15) is 111 Å². The number of nitrogens with two attached hydrogens (primary N) is 3. The van der Waals surface area contributed by atoms with Crippen molar-refractivity contribution in [2.45, 2.75) is 183 Å². The summed E-state index contributed by atoms with van der Waals surface area (Å²) in [6.07, 6.45) is 11.9. The molecule has 11 atom stereocenters. The van der Waals surface area contributed by atoms with Crippen molar-refractivity contribution in [1.82, 2.24) is 115 Å². The van der Waals surface area contributed by atoms with Crippen LogP contribution in [0.5, 0.6) is 5.75 Å². The zero-order valence-corrected chi connectivity index (χ0v) is 83.6. The van der Waals surface area contributed by atoms with Gasteiger partial charge in [0.05, 0.1) is 49.9 Å². The van der Waals surface area contributed by atoms with E-state index in [1.807, 2.05) is 121 Å². The highest BCUT2D eigenvalue weighted by Gasteiger charge is 2.42. The van der Waals surface area contributed by atoms with Gasteiger partial charge in [0.15, 0.2) is 0 Å². The first-order valence-corrected chi connectivity index (χ1v) is 51.6. The number of nitrogens with one attached hydrogen (secondary N) is 18. The number of phenolic OH excluding ortho intramolecular Hbond substituents is 1. The molecule has 0 aliphatic carbocycles. The predicted octanol–water partition coefficient (Wildman–Crippen LogP) is 1.03. The van der Waals surface area contributed by atoms with Crippen molar-refractivity contribution < 1.29 is 81.8 Å². The summed E-state index contributed by atoms with van der Waals surface area (Å²) in [6, 6.07) is 31.0. The van der Waals surface area contributed by atoms with Gasteiger partial charge in [0.25, 0.3) is 0 Å². The van der Waals surface area contributed by atoms with Crippen molar-refractivity contribution in [2.75, 3.05) is 81.3 Å². The van der Waals surface area contributed by atoms with Crippen LogP contribution in [-0.4, -0.2) is 283 Å². The molecule has 147 heavy (non-hydrogen) atoms. The van der Waals surface area contributed by atoms with E-state index < -0.39 is 181 Å². The fourth-order valence-electron chi connectivity index (χ4n) is 17.4. The average molecular weight is 2050 g/mol. The number of fused-ring (bicyclic) bond motifs is 7. The van der Waals surface area contributed by atoms with Crippen LogP contribution < -0.4 is 96.5 Å². The van der Waals surface area contributed by atoms with E-state index in [1.165, 1.54) is 65.9 Å². The molecule has 0 bridgehead atoms. The lowest BCUT2D eigenvalue weighted by molar-refractivity contribution is -0.142. The zero-order valence-electron chi connectivity index (χ0n) is 81.9. The normalized spacial score (nSPS) is 14.6. The highest BCUT2D eigenvalue weighted by atomic mass is 32.2. The lowest BCUT2D eigenvalue weighted by Gasteiger charge is -2.31. The molecule has 0 spiro atoms. The number of unbranched alkanes of at least 4 members (excludes halogenated alkanes) is 2. The summed E-state index contributed by atoms with van der Waals surface area (Å²) >= 11 is 2.69. The highest BCUT2D eigenvalue weighted by Crippen LogP contribution is 2.40. The number of para-hydroxylation sites is 3. The summed E-state index contributed by atoms with van der Waals surface area (Å²) in [5.41, 5.74) is 27.7. The quantitative estimate of drug-likeness (QED) is 0.0237. The summed E-state index contributed by atoms with van der Waals surface area (Å²) < 4.78 is 0. The maximum Gasteiger partial charge on any atom is 0.246 e. The molecule has 6 aromatic carbocycles. The molecule has 0 radical (unpaired) electrons. The van der Waals surface area contributed by atoms with Gasteiger partial charge in [-0.25, -0.2) is 4.98 Å². The van der Waals surface area contributed by atoms with Gasteiger partial charge in [0.2, 0.25) is 94.5 Å². The molecule has 2 aliphatic rings. The van der Waals surface area contributed by atoms with Crippen LogP contribution in [0.3, 0.4) is 0 Å². The van der Waals surface area contributed by atoms with E-state index in [0.717, 1.165) is 55.4 Å². The average Bonchev–Trinajstić information content (AvgIpc) is 1.65. The Bertz CT molecular complexity index is 6220. The molecule has 2 aliphatic heterocycles. The molecular formula is C102H128N26O17S2. The molecule has 6 heterocycles. The Morgan fingerprint density at radius 1 is 0.483 bits per heavy atom. The largest absolute Gasteiger partial charge is 0.508 e. The number of anilines is 1. The number of benzene rings is 6. The van der Waals surface area contributed by atoms with Gasteiger partial charge in [-0.15, -0.1) is 5.10 Å². The Hall–Kier alpha value is -15.5. The van der Waals surface area contributed by atoms with E-state index in [0.29, 0.717) is 84.8 Å². The van der Waals surface area contributed by atoms with Crippen molar-refractivity contribution in [3.8, 4) is 28.3 Å². The van der Waals surface area contributed by atoms with Crippen molar-refractivity contribution in [1.29, 1.82) is 0 Å². The van der Waals surface area contributed by atoms with Gasteiger partial charge in [-0.05, 0) is 166 Å². The van der Waals surface area contributed by atoms with Gasteiger partial charge in [-0.1, -0.05) is 127 Å². The maximum atomic E-state index is 15.3. The molecule has 1 saturated heterocycles. The van der Waals surface area contributed by atoms with Crippen LogP contribution in [0.25, 0.3) is 44.3 Å². The Morgan fingerprint density at radius 2 is 1.01 bits per heavy atom. The number of amides is 16. The lowest BCUT2D eigenvalue weighted by atomic mass is 9.96. The van der Waals surface area contributed by atoms with Gasteiger partial charge >= 0.3 is 0 Å². The molecular weight excluding hydrogens is 1930 g/mol. The third-order valence-corrected chi connectivity index (χ3v) is 26.6. The fourth-order valence-corrected chi connectivity index (χ4v) is 18.4. The molecule has 10 aromatic rings. The topological polar surface area (TPSA) is 648 Å². The molecule has 45 heteroatoms. The number of aromatic amines is 4. The summed E-state index contributed by atoms with van der Waals surface area (Å²) in [7, 11) is 0. The Labute approximate surface area is 856 Å². The van der Waals surface area contributed by atoms with Crippen LogP contribution in [0.4, 0.5) is 5.69 Å². The Morgan fingerprint density at radius 3 is 1.63 bits per heavy atom. The van der Waals surface area contributed by atoms with E-state index in [1.54, 1.807) is 37.2 Å². The van der Waals surface area contributed by atoms with Crippen LogP contribution >= 0.6 is 23.5 Å². The van der Waals surface area contributed by atoms with Crippen LogP contribution in [0.15, 0.2) is 177 Å². The molecule has 25 N–H and O–H groups in total. The van der Waals surface area contributed by atoms with Gasteiger partial charge in [-0.3, -0.25) is 81.8 Å². The molecule has 43 nitrogen and oxygen atoms in total. The number of aromatic hydroxyl groups is 1. The number of thioether (sulfide) groups is 2. The predicted molar refractivity (Wildman–Crippen MR) is 554 cm³/mol. The number of likely N-dealkylation sites (tertiary alicyclic amines) is 1. The lowest BCUT2D eigenvalue weighted by Crippen LogP contribution is -2.60. The first-order valence-electron chi connectivity index (χ1n) is 48.8. The molecule has 1 fully saturated rings. The summed E-state index contributed by atoms with van der Waals surface area (Å²) in [5, 5.41) is 60.5. The van der Waals surface area contributed by atoms with Gasteiger partial charge in [-0.2, -0.15) is 23.5 Å². The highest BCUT2D eigenvalue weighted by molar-refractivity contribution is 7.98. The zero-order chi connectivity index (χ0) is 105. The minimum atomic E-state index is -1.48. The number of phenols is 1. The number of primary amides is 1. The SMILES string of the molecule is CSCC[C@@H](NC(=O)[C@@H](C)NC(=O)[C@@H](Cc1c[nH]c2ccccc12)NC(=O)[C@H]1CCCN1C(=O)[C@@H](Cc1c[nH]cn1)NC(=O)[C@@H](Cc1c[nH]c2ccccc12)NC(=O)[C@H](N)Cc1ccccc1)C(=O)N[C@H](CCSC)C(=O)N[C@H](Cc1ccc(O)cc1)C(=O)N[C@H](CCCCN)C(=O)NCC(=O)NCC(=O)NCC(=O)NCC(=O)N[C@H](CCCCNC(=O)CCN1Cc2ccccc2-c2[nH]nnc2-c2ccccc21)C(N)=O. The number of aromatic nitrogens is 7.